The molecule has 1 fully saturated rings. The van der Waals surface area contributed by atoms with E-state index in [9.17, 15) is 13.2 Å². The van der Waals surface area contributed by atoms with Gasteiger partial charge in [-0.2, -0.15) is 13.2 Å². The molecule has 0 saturated heterocycles. The van der Waals surface area contributed by atoms with Gasteiger partial charge in [0.2, 0.25) is 0 Å². The van der Waals surface area contributed by atoms with E-state index in [1.165, 1.54) is 0 Å². The van der Waals surface area contributed by atoms with E-state index in [2.05, 4.69) is 0 Å². The Morgan fingerprint density at radius 1 is 1.21 bits per heavy atom. The molecule has 0 aliphatic heterocycles. The molecule has 1 atom stereocenters. The molecule has 14 heavy (non-hydrogen) atoms. The third-order valence-corrected chi connectivity index (χ3v) is 3.18. The second-order valence-corrected chi connectivity index (χ2v) is 5.10. The maximum absolute atomic E-state index is 12.8. The maximum Gasteiger partial charge on any atom is 0.392 e. The van der Waals surface area contributed by atoms with E-state index in [0.717, 1.165) is 19.3 Å². The molecule has 0 nitrogen and oxygen atoms in total. The SMILES string of the molecule is CCCC(C)(C)C(C1CC1)C(F)(F)F. The zero-order chi connectivity index (χ0) is 11.0. The van der Waals surface area contributed by atoms with Crippen LogP contribution in [-0.2, 0) is 0 Å². The topological polar surface area (TPSA) is 0 Å². The lowest BCUT2D eigenvalue weighted by atomic mass is 9.72. The molecule has 0 aromatic rings. The van der Waals surface area contributed by atoms with Crippen LogP contribution >= 0.6 is 0 Å². The van der Waals surface area contributed by atoms with Crippen molar-refractivity contribution in [1.29, 1.82) is 0 Å². The van der Waals surface area contributed by atoms with Crippen LogP contribution in [0.3, 0.4) is 0 Å². The summed E-state index contributed by atoms with van der Waals surface area (Å²) in [5.74, 6) is -1.19. The molecule has 0 aromatic carbocycles. The summed E-state index contributed by atoms with van der Waals surface area (Å²) in [5, 5.41) is 0. The van der Waals surface area contributed by atoms with Gasteiger partial charge in [0, 0.05) is 0 Å². The smallest absolute Gasteiger partial charge is 0.171 e. The molecule has 0 radical (unpaired) electrons. The van der Waals surface area contributed by atoms with Gasteiger partial charge >= 0.3 is 6.18 Å². The average molecular weight is 208 g/mol. The maximum atomic E-state index is 12.8. The van der Waals surface area contributed by atoms with Gasteiger partial charge in [-0.05, 0) is 30.6 Å². The normalized spacial score (nSPS) is 21.0. The van der Waals surface area contributed by atoms with E-state index >= 15 is 0 Å². The first kappa shape index (κ1) is 11.9. The Hall–Kier alpha value is -0.210. The van der Waals surface area contributed by atoms with E-state index in [-0.39, 0.29) is 5.92 Å². The largest absolute Gasteiger partial charge is 0.392 e. The number of hydrogen-bond acceptors (Lipinski definition) is 0. The Morgan fingerprint density at radius 3 is 2.00 bits per heavy atom. The van der Waals surface area contributed by atoms with E-state index in [4.69, 9.17) is 0 Å². The summed E-state index contributed by atoms with van der Waals surface area (Å²) in [6, 6.07) is 0. The number of halogens is 3. The molecule has 0 amide bonds. The fourth-order valence-electron chi connectivity index (χ4n) is 2.58. The Morgan fingerprint density at radius 2 is 1.71 bits per heavy atom. The third kappa shape index (κ3) is 2.64. The highest BCUT2D eigenvalue weighted by Crippen LogP contribution is 2.54. The first-order valence-corrected chi connectivity index (χ1v) is 5.35. The Kier molecular flexibility index (Phi) is 3.17. The van der Waals surface area contributed by atoms with Crippen LogP contribution in [0.1, 0.15) is 46.5 Å². The van der Waals surface area contributed by atoms with Gasteiger partial charge in [-0.1, -0.05) is 27.2 Å². The zero-order valence-corrected chi connectivity index (χ0v) is 9.12. The summed E-state index contributed by atoms with van der Waals surface area (Å²) >= 11 is 0. The van der Waals surface area contributed by atoms with Crippen LogP contribution in [0.2, 0.25) is 0 Å². The molecule has 84 valence electrons. The van der Waals surface area contributed by atoms with E-state index in [1.807, 2.05) is 6.92 Å². The molecule has 3 heteroatoms. The number of alkyl halides is 3. The van der Waals surface area contributed by atoms with E-state index in [0.29, 0.717) is 6.42 Å². The van der Waals surface area contributed by atoms with Gasteiger partial charge in [-0.25, -0.2) is 0 Å². The quantitative estimate of drug-likeness (QED) is 0.642. The molecule has 1 saturated carbocycles. The van der Waals surface area contributed by atoms with Crippen molar-refractivity contribution in [2.24, 2.45) is 17.3 Å². The molecule has 0 aromatic heterocycles. The molecular formula is C11H19F3. The van der Waals surface area contributed by atoms with Crippen LogP contribution in [0.15, 0.2) is 0 Å². The van der Waals surface area contributed by atoms with Gasteiger partial charge < -0.3 is 0 Å². The van der Waals surface area contributed by atoms with E-state index < -0.39 is 17.5 Å². The molecule has 1 rings (SSSR count). The van der Waals surface area contributed by atoms with Crippen molar-refractivity contribution in [3.05, 3.63) is 0 Å². The molecule has 0 heterocycles. The van der Waals surface area contributed by atoms with Crippen molar-refractivity contribution >= 4 is 0 Å². The lowest BCUT2D eigenvalue weighted by molar-refractivity contribution is -0.210. The lowest BCUT2D eigenvalue weighted by Gasteiger charge is -2.36. The molecule has 0 N–H and O–H groups in total. The minimum atomic E-state index is -4.01. The van der Waals surface area contributed by atoms with Crippen LogP contribution in [0.4, 0.5) is 13.2 Å². The highest BCUT2D eigenvalue weighted by Gasteiger charge is 2.55. The average Bonchev–Trinajstić information content (AvgIpc) is 2.66. The minimum Gasteiger partial charge on any atom is -0.171 e. The molecule has 0 bridgehead atoms. The van der Waals surface area contributed by atoms with Gasteiger partial charge in [0.1, 0.15) is 0 Å². The van der Waals surface area contributed by atoms with Crippen molar-refractivity contribution in [3.63, 3.8) is 0 Å². The van der Waals surface area contributed by atoms with Crippen molar-refractivity contribution in [2.45, 2.75) is 52.6 Å². The third-order valence-electron chi connectivity index (χ3n) is 3.18. The summed E-state index contributed by atoms with van der Waals surface area (Å²) < 4.78 is 38.5. The van der Waals surface area contributed by atoms with Gasteiger partial charge in [0.25, 0.3) is 0 Å². The van der Waals surface area contributed by atoms with Gasteiger partial charge in [0.15, 0.2) is 0 Å². The van der Waals surface area contributed by atoms with Crippen molar-refractivity contribution in [1.82, 2.24) is 0 Å². The molecule has 1 aliphatic rings. The van der Waals surface area contributed by atoms with Crippen molar-refractivity contribution in [3.8, 4) is 0 Å². The molecule has 1 aliphatic carbocycles. The number of hydrogen-bond donors (Lipinski definition) is 0. The van der Waals surface area contributed by atoms with Gasteiger partial charge in [0.05, 0.1) is 5.92 Å². The summed E-state index contributed by atoms with van der Waals surface area (Å²) in [6.45, 7) is 5.46. The van der Waals surface area contributed by atoms with Crippen molar-refractivity contribution in [2.75, 3.05) is 0 Å². The minimum absolute atomic E-state index is 0.100. The highest BCUT2D eigenvalue weighted by molar-refractivity contribution is 4.93. The van der Waals surface area contributed by atoms with Crippen molar-refractivity contribution < 1.29 is 13.2 Å². The Balaban J connectivity index is 2.76. The standard InChI is InChI=1S/C11H19F3/c1-4-7-10(2,3)9(8-5-6-8)11(12,13)14/h8-9H,4-7H2,1-3H3. The first-order valence-electron chi connectivity index (χ1n) is 5.35. The molecule has 0 spiro atoms. The van der Waals surface area contributed by atoms with Gasteiger partial charge in [-0.3, -0.25) is 0 Å². The predicted molar refractivity (Wildman–Crippen MR) is 51.0 cm³/mol. The fraction of sp³-hybridized carbons (Fsp3) is 1.00. The predicted octanol–water partition coefficient (Wildman–Crippen LogP) is 4.40. The van der Waals surface area contributed by atoms with Crippen LogP contribution in [0.25, 0.3) is 0 Å². The summed E-state index contributed by atoms with van der Waals surface area (Å²) in [6.07, 6.45) is -1.01. The monoisotopic (exact) mass is 208 g/mol. The van der Waals surface area contributed by atoms with Crippen LogP contribution in [0.5, 0.6) is 0 Å². The summed E-state index contributed by atoms with van der Waals surface area (Å²) in [5.41, 5.74) is -0.589. The number of rotatable bonds is 4. The van der Waals surface area contributed by atoms with Crippen LogP contribution in [-0.4, -0.2) is 6.18 Å². The van der Waals surface area contributed by atoms with Gasteiger partial charge in [-0.15, -0.1) is 0 Å². The second kappa shape index (κ2) is 3.74. The Bertz CT molecular complexity index is 189. The second-order valence-electron chi connectivity index (χ2n) is 5.10. The summed E-state index contributed by atoms with van der Waals surface area (Å²) in [7, 11) is 0. The van der Waals surface area contributed by atoms with Crippen LogP contribution < -0.4 is 0 Å². The fourth-order valence-corrected chi connectivity index (χ4v) is 2.58. The van der Waals surface area contributed by atoms with Crippen LogP contribution in [0, 0.1) is 17.3 Å². The Labute approximate surface area is 83.9 Å². The summed E-state index contributed by atoms with van der Waals surface area (Å²) in [4.78, 5) is 0. The zero-order valence-electron chi connectivity index (χ0n) is 9.12. The molecule has 1 unspecified atom stereocenters. The molecular weight excluding hydrogens is 189 g/mol. The lowest BCUT2D eigenvalue weighted by Crippen LogP contribution is -2.37. The van der Waals surface area contributed by atoms with E-state index in [1.54, 1.807) is 13.8 Å². The first-order chi connectivity index (χ1) is 6.29. The highest BCUT2D eigenvalue weighted by atomic mass is 19.4.